The van der Waals surface area contributed by atoms with E-state index in [1.807, 2.05) is 20.8 Å². The Labute approximate surface area is 96.7 Å². The summed E-state index contributed by atoms with van der Waals surface area (Å²) >= 11 is 0. The fourth-order valence-corrected chi connectivity index (χ4v) is 1.02. The Morgan fingerprint density at radius 1 is 1.38 bits per heavy atom. The Kier molecular flexibility index (Phi) is 5.44. The van der Waals surface area contributed by atoms with Crippen molar-refractivity contribution < 1.29 is 14.3 Å². The smallest absolute Gasteiger partial charge is 0.328 e. The number of rotatable bonds is 4. The van der Waals surface area contributed by atoms with Crippen LogP contribution in [-0.2, 0) is 14.3 Å². The molecule has 0 fully saturated rings. The zero-order valence-electron chi connectivity index (χ0n) is 10.7. The van der Waals surface area contributed by atoms with Crippen LogP contribution in [0.2, 0.25) is 0 Å². The van der Waals surface area contributed by atoms with Gasteiger partial charge in [0.05, 0.1) is 12.6 Å². The maximum Gasteiger partial charge on any atom is 0.328 e. The summed E-state index contributed by atoms with van der Waals surface area (Å²) in [7, 11) is 0. The van der Waals surface area contributed by atoms with Crippen molar-refractivity contribution in [1.82, 2.24) is 5.32 Å². The van der Waals surface area contributed by atoms with Crippen molar-refractivity contribution in [3.8, 4) is 0 Å². The van der Waals surface area contributed by atoms with E-state index in [-0.39, 0.29) is 11.3 Å². The Morgan fingerprint density at radius 2 is 1.88 bits per heavy atom. The molecule has 0 bridgehead atoms. The maximum atomic E-state index is 11.7. The highest BCUT2D eigenvalue weighted by molar-refractivity contribution is 5.87. The standard InChI is InChI=1S/C11H22N2O3/c1-6-16-10(15)7(2)13-9(14)8(12)11(3,4)5/h7-8H,6,12H2,1-5H3,(H,13,14). The summed E-state index contributed by atoms with van der Waals surface area (Å²) < 4.78 is 4.78. The SMILES string of the molecule is CCOC(=O)C(C)NC(=O)C(N)C(C)(C)C. The highest BCUT2D eigenvalue weighted by Gasteiger charge is 2.29. The molecule has 0 aromatic heterocycles. The van der Waals surface area contributed by atoms with E-state index in [0.29, 0.717) is 6.61 Å². The Bertz CT molecular complexity index is 258. The van der Waals surface area contributed by atoms with Crippen LogP contribution in [0.3, 0.4) is 0 Å². The molecule has 0 aliphatic carbocycles. The number of hydrogen-bond donors (Lipinski definition) is 2. The molecule has 0 aliphatic rings. The van der Waals surface area contributed by atoms with Crippen LogP contribution in [0.15, 0.2) is 0 Å². The van der Waals surface area contributed by atoms with Crippen LogP contribution in [0.4, 0.5) is 0 Å². The Hall–Kier alpha value is -1.10. The van der Waals surface area contributed by atoms with Crippen molar-refractivity contribution in [3.63, 3.8) is 0 Å². The van der Waals surface area contributed by atoms with E-state index >= 15 is 0 Å². The molecule has 0 rings (SSSR count). The van der Waals surface area contributed by atoms with Gasteiger partial charge in [0.1, 0.15) is 6.04 Å². The predicted octanol–water partition coefficient (Wildman–Crippen LogP) is 0.428. The highest BCUT2D eigenvalue weighted by atomic mass is 16.5. The zero-order chi connectivity index (χ0) is 12.9. The van der Waals surface area contributed by atoms with Crippen molar-refractivity contribution in [1.29, 1.82) is 0 Å². The van der Waals surface area contributed by atoms with Gasteiger partial charge in [-0.2, -0.15) is 0 Å². The van der Waals surface area contributed by atoms with E-state index in [2.05, 4.69) is 5.32 Å². The lowest BCUT2D eigenvalue weighted by Crippen LogP contribution is -2.52. The van der Waals surface area contributed by atoms with Gasteiger partial charge in [0.15, 0.2) is 0 Å². The second kappa shape index (κ2) is 5.84. The fraction of sp³-hybridized carbons (Fsp3) is 0.818. The molecule has 5 nitrogen and oxygen atoms in total. The summed E-state index contributed by atoms with van der Waals surface area (Å²) in [5, 5.41) is 2.53. The van der Waals surface area contributed by atoms with Crippen molar-refractivity contribution in [3.05, 3.63) is 0 Å². The maximum absolute atomic E-state index is 11.7. The first-order chi connectivity index (χ1) is 7.20. The van der Waals surface area contributed by atoms with Crippen LogP contribution in [0, 0.1) is 5.41 Å². The number of carbonyl (C=O) groups is 2. The molecular weight excluding hydrogens is 208 g/mol. The normalized spacial score (nSPS) is 15.1. The van der Waals surface area contributed by atoms with Crippen LogP contribution < -0.4 is 11.1 Å². The van der Waals surface area contributed by atoms with Gasteiger partial charge in [-0.1, -0.05) is 20.8 Å². The molecule has 0 aromatic rings. The molecule has 5 heteroatoms. The minimum atomic E-state index is -0.666. The third kappa shape index (κ3) is 4.61. The molecule has 1 amide bonds. The summed E-state index contributed by atoms with van der Waals surface area (Å²) in [4.78, 5) is 22.9. The van der Waals surface area contributed by atoms with Crippen LogP contribution >= 0.6 is 0 Å². The molecule has 0 spiro atoms. The second-order valence-corrected chi connectivity index (χ2v) is 4.83. The number of carbonyl (C=O) groups excluding carboxylic acids is 2. The third-order valence-corrected chi connectivity index (χ3v) is 2.21. The van der Waals surface area contributed by atoms with Crippen molar-refractivity contribution in [2.45, 2.75) is 46.7 Å². The van der Waals surface area contributed by atoms with E-state index in [0.717, 1.165) is 0 Å². The summed E-state index contributed by atoms with van der Waals surface area (Å²) in [6.45, 7) is 9.19. The Balaban J connectivity index is 4.30. The molecule has 0 aromatic carbocycles. The number of nitrogens with two attached hydrogens (primary N) is 1. The van der Waals surface area contributed by atoms with Crippen molar-refractivity contribution >= 4 is 11.9 Å². The summed E-state index contributed by atoms with van der Waals surface area (Å²) in [5.74, 6) is -0.787. The highest BCUT2D eigenvalue weighted by Crippen LogP contribution is 2.17. The van der Waals surface area contributed by atoms with Gasteiger partial charge in [0.25, 0.3) is 0 Å². The minimum Gasteiger partial charge on any atom is -0.464 e. The molecule has 16 heavy (non-hydrogen) atoms. The predicted molar refractivity (Wildman–Crippen MR) is 61.7 cm³/mol. The average Bonchev–Trinajstić information content (AvgIpc) is 2.15. The molecule has 0 radical (unpaired) electrons. The van der Waals surface area contributed by atoms with Gasteiger partial charge < -0.3 is 15.8 Å². The topological polar surface area (TPSA) is 81.4 Å². The lowest BCUT2D eigenvalue weighted by Gasteiger charge is -2.26. The van der Waals surface area contributed by atoms with Gasteiger partial charge in [-0.05, 0) is 19.3 Å². The number of nitrogens with one attached hydrogen (secondary N) is 1. The van der Waals surface area contributed by atoms with E-state index in [1.165, 1.54) is 0 Å². The average molecular weight is 230 g/mol. The van der Waals surface area contributed by atoms with E-state index in [1.54, 1.807) is 13.8 Å². The molecule has 0 saturated heterocycles. The van der Waals surface area contributed by atoms with Gasteiger partial charge in [0, 0.05) is 0 Å². The van der Waals surface area contributed by atoms with E-state index in [4.69, 9.17) is 10.5 Å². The van der Waals surface area contributed by atoms with Crippen molar-refractivity contribution in [2.75, 3.05) is 6.61 Å². The third-order valence-electron chi connectivity index (χ3n) is 2.21. The van der Waals surface area contributed by atoms with Crippen LogP contribution in [0.25, 0.3) is 0 Å². The van der Waals surface area contributed by atoms with Gasteiger partial charge in [0.2, 0.25) is 5.91 Å². The van der Waals surface area contributed by atoms with Crippen LogP contribution in [-0.4, -0.2) is 30.6 Å². The monoisotopic (exact) mass is 230 g/mol. The summed E-state index contributed by atoms with van der Waals surface area (Å²) in [6.07, 6.45) is 0. The molecule has 2 unspecified atom stereocenters. The number of amides is 1. The van der Waals surface area contributed by atoms with Gasteiger partial charge >= 0.3 is 5.97 Å². The zero-order valence-corrected chi connectivity index (χ0v) is 10.7. The van der Waals surface area contributed by atoms with Crippen molar-refractivity contribution in [2.24, 2.45) is 11.1 Å². The largest absolute Gasteiger partial charge is 0.464 e. The Morgan fingerprint density at radius 3 is 2.25 bits per heavy atom. The fourth-order valence-electron chi connectivity index (χ4n) is 1.02. The van der Waals surface area contributed by atoms with E-state index in [9.17, 15) is 9.59 Å². The molecule has 2 atom stereocenters. The first kappa shape index (κ1) is 14.9. The first-order valence-corrected chi connectivity index (χ1v) is 5.42. The van der Waals surface area contributed by atoms with Crippen LogP contribution in [0.5, 0.6) is 0 Å². The van der Waals surface area contributed by atoms with Gasteiger partial charge in [-0.25, -0.2) is 4.79 Å². The molecule has 0 aliphatic heterocycles. The number of hydrogen-bond acceptors (Lipinski definition) is 4. The van der Waals surface area contributed by atoms with Gasteiger partial charge in [-0.3, -0.25) is 4.79 Å². The lowest BCUT2D eigenvalue weighted by molar-refractivity contribution is -0.147. The number of esters is 1. The molecule has 94 valence electrons. The molecule has 3 N–H and O–H groups in total. The number of ether oxygens (including phenoxy) is 1. The van der Waals surface area contributed by atoms with Gasteiger partial charge in [-0.15, -0.1) is 0 Å². The summed E-state index contributed by atoms with van der Waals surface area (Å²) in [6, 6.07) is -1.31. The van der Waals surface area contributed by atoms with Crippen LogP contribution in [0.1, 0.15) is 34.6 Å². The second-order valence-electron chi connectivity index (χ2n) is 4.83. The molecule has 0 heterocycles. The molecular formula is C11H22N2O3. The quantitative estimate of drug-likeness (QED) is 0.686. The minimum absolute atomic E-state index is 0.296. The van der Waals surface area contributed by atoms with E-state index < -0.39 is 18.1 Å². The molecule has 0 saturated carbocycles. The lowest BCUT2D eigenvalue weighted by atomic mass is 9.87. The first-order valence-electron chi connectivity index (χ1n) is 5.42. The summed E-state index contributed by atoms with van der Waals surface area (Å²) in [5.41, 5.74) is 5.42.